The van der Waals surface area contributed by atoms with Crippen LogP contribution in [0.4, 0.5) is 0 Å². The van der Waals surface area contributed by atoms with E-state index in [1.54, 1.807) is 24.3 Å². The lowest BCUT2D eigenvalue weighted by atomic mass is 10.1. The van der Waals surface area contributed by atoms with Crippen LogP contribution in [0.1, 0.15) is 18.9 Å². The molecule has 1 N–H and O–H groups in total. The molecule has 0 aromatic heterocycles. The molecule has 0 unspecified atom stereocenters. The minimum Gasteiger partial charge on any atom is -0.494 e. The van der Waals surface area contributed by atoms with Gasteiger partial charge in [0.1, 0.15) is 5.75 Å². The van der Waals surface area contributed by atoms with Crippen molar-refractivity contribution in [2.75, 3.05) is 6.61 Å². The maximum absolute atomic E-state index is 10.4. The molecule has 0 atom stereocenters. The molecule has 1 aromatic rings. The first kappa shape index (κ1) is 13.8. The number of carbonyl (C=O) groups is 1. The number of benzene rings is 1. The molecule has 0 fully saturated rings. The van der Waals surface area contributed by atoms with E-state index in [-0.39, 0.29) is 18.8 Å². The molecule has 0 aliphatic carbocycles. The highest BCUT2D eigenvalue weighted by atomic mass is 35.5. The topological polar surface area (TPSA) is 46.5 Å². The van der Waals surface area contributed by atoms with E-state index in [0.29, 0.717) is 6.61 Å². The summed E-state index contributed by atoms with van der Waals surface area (Å²) in [7, 11) is 0. The van der Waals surface area contributed by atoms with E-state index in [0.717, 1.165) is 17.7 Å². The Morgan fingerprint density at radius 2 is 1.93 bits per heavy atom. The molecule has 0 saturated carbocycles. The van der Waals surface area contributed by atoms with Gasteiger partial charge in [0.2, 0.25) is 0 Å². The Morgan fingerprint density at radius 1 is 1.33 bits per heavy atom. The molecule has 1 rings (SSSR count). The molecule has 0 saturated heterocycles. The summed E-state index contributed by atoms with van der Waals surface area (Å²) >= 11 is 0. The minimum atomic E-state index is -0.813. The van der Waals surface area contributed by atoms with Gasteiger partial charge in [-0.1, -0.05) is 19.1 Å². The lowest BCUT2D eigenvalue weighted by molar-refractivity contribution is -0.136. The zero-order valence-electron chi connectivity index (χ0n) is 8.60. The van der Waals surface area contributed by atoms with Crippen molar-refractivity contribution in [3.63, 3.8) is 0 Å². The van der Waals surface area contributed by atoms with Crippen LogP contribution in [0.15, 0.2) is 24.3 Å². The second kappa shape index (κ2) is 7.12. The number of ether oxygens (including phenoxy) is 1. The van der Waals surface area contributed by atoms with Crippen LogP contribution >= 0.6 is 12.4 Å². The summed E-state index contributed by atoms with van der Waals surface area (Å²) < 4.78 is 5.37. The van der Waals surface area contributed by atoms with Crippen LogP contribution in [-0.2, 0) is 11.2 Å². The molecule has 0 heterocycles. The van der Waals surface area contributed by atoms with Crippen LogP contribution in [-0.4, -0.2) is 17.7 Å². The van der Waals surface area contributed by atoms with Crippen LogP contribution < -0.4 is 4.74 Å². The number of rotatable bonds is 5. The third-order valence-electron chi connectivity index (χ3n) is 1.75. The van der Waals surface area contributed by atoms with Crippen molar-refractivity contribution < 1.29 is 14.6 Å². The molecule has 0 spiro atoms. The van der Waals surface area contributed by atoms with E-state index in [1.165, 1.54) is 0 Å². The van der Waals surface area contributed by atoms with Gasteiger partial charge in [-0.05, 0) is 24.1 Å². The van der Waals surface area contributed by atoms with E-state index in [2.05, 4.69) is 0 Å². The van der Waals surface area contributed by atoms with Gasteiger partial charge in [0.05, 0.1) is 13.0 Å². The van der Waals surface area contributed by atoms with E-state index in [9.17, 15) is 4.79 Å². The van der Waals surface area contributed by atoms with E-state index < -0.39 is 5.97 Å². The second-order valence-corrected chi connectivity index (χ2v) is 3.06. The summed E-state index contributed by atoms with van der Waals surface area (Å²) in [5.41, 5.74) is 0.793. The largest absolute Gasteiger partial charge is 0.494 e. The van der Waals surface area contributed by atoms with Gasteiger partial charge in [-0.25, -0.2) is 0 Å². The van der Waals surface area contributed by atoms with E-state index >= 15 is 0 Å². The summed E-state index contributed by atoms with van der Waals surface area (Å²) in [6, 6.07) is 7.15. The van der Waals surface area contributed by atoms with Gasteiger partial charge >= 0.3 is 5.97 Å². The molecule has 0 bridgehead atoms. The fourth-order valence-corrected chi connectivity index (χ4v) is 1.10. The fraction of sp³-hybridized carbons (Fsp3) is 0.364. The number of hydrogen-bond acceptors (Lipinski definition) is 2. The predicted molar refractivity (Wildman–Crippen MR) is 60.8 cm³/mol. The van der Waals surface area contributed by atoms with Crippen LogP contribution in [0, 0.1) is 0 Å². The Hall–Kier alpha value is -1.22. The quantitative estimate of drug-likeness (QED) is 0.846. The summed E-state index contributed by atoms with van der Waals surface area (Å²) in [5.74, 6) is -0.0202. The smallest absolute Gasteiger partial charge is 0.307 e. The standard InChI is InChI=1S/C11H14O3.ClH/c1-2-7-14-10-5-3-9(4-6-10)8-11(12)13;/h3-6H,2,7-8H2,1H3,(H,12,13);1H. The first-order chi connectivity index (χ1) is 6.72. The number of carboxylic acids is 1. The van der Waals surface area contributed by atoms with E-state index in [1.807, 2.05) is 6.92 Å². The molecule has 0 amide bonds. The third kappa shape index (κ3) is 5.27. The van der Waals surface area contributed by atoms with Crippen molar-refractivity contribution in [3.8, 4) is 5.75 Å². The molecule has 3 nitrogen and oxygen atoms in total. The highest BCUT2D eigenvalue weighted by Gasteiger charge is 2.00. The first-order valence-electron chi connectivity index (χ1n) is 4.66. The van der Waals surface area contributed by atoms with Gasteiger partial charge in [0.25, 0.3) is 0 Å². The van der Waals surface area contributed by atoms with Crippen molar-refractivity contribution in [3.05, 3.63) is 29.8 Å². The van der Waals surface area contributed by atoms with Crippen LogP contribution in [0.3, 0.4) is 0 Å². The molecule has 0 aliphatic heterocycles. The number of aliphatic carboxylic acids is 1. The predicted octanol–water partition coefficient (Wildman–Crippen LogP) is 2.52. The van der Waals surface area contributed by atoms with Crippen molar-refractivity contribution in [2.45, 2.75) is 19.8 Å². The van der Waals surface area contributed by atoms with Gasteiger partial charge in [-0.3, -0.25) is 4.79 Å². The Balaban J connectivity index is 0.00000196. The number of carboxylic acid groups (broad SMARTS) is 1. The van der Waals surface area contributed by atoms with E-state index in [4.69, 9.17) is 9.84 Å². The Kier molecular flexibility index (Phi) is 6.54. The van der Waals surface area contributed by atoms with Crippen molar-refractivity contribution >= 4 is 18.4 Å². The highest BCUT2D eigenvalue weighted by Crippen LogP contribution is 2.12. The summed E-state index contributed by atoms with van der Waals surface area (Å²) in [6.07, 6.45) is 1.03. The molecule has 1 aromatic carbocycles. The average Bonchev–Trinajstić information content (AvgIpc) is 2.16. The van der Waals surface area contributed by atoms with Gasteiger partial charge < -0.3 is 9.84 Å². The van der Waals surface area contributed by atoms with Crippen molar-refractivity contribution in [1.82, 2.24) is 0 Å². The first-order valence-corrected chi connectivity index (χ1v) is 4.66. The zero-order valence-corrected chi connectivity index (χ0v) is 9.42. The van der Waals surface area contributed by atoms with Crippen LogP contribution in [0.25, 0.3) is 0 Å². The maximum atomic E-state index is 10.4. The molecule has 84 valence electrons. The SMILES string of the molecule is CCCOc1ccc(CC(=O)O)cc1.Cl. The fourth-order valence-electron chi connectivity index (χ4n) is 1.10. The van der Waals surface area contributed by atoms with Crippen LogP contribution in [0.5, 0.6) is 5.75 Å². The maximum Gasteiger partial charge on any atom is 0.307 e. The molecule has 4 heteroatoms. The normalized spacial score (nSPS) is 9.13. The second-order valence-electron chi connectivity index (χ2n) is 3.06. The van der Waals surface area contributed by atoms with Gasteiger partial charge in [-0.2, -0.15) is 0 Å². The Morgan fingerprint density at radius 3 is 2.40 bits per heavy atom. The zero-order chi connectivity index (χ0) is 10.4. The number of hydrogen-bond donors (Lipinski definition) is 1. The lowest BCUT2D eigenvalue weighted by Gasteiger charge is -2.04. The lowest BCUT2D eigenvalue weighted by Crippen LogP contribution is -2.00. The third-order valence-corrected chi connectivity index (χ3v) is 1.75. The van der Waals surface area contributed by atoms with Crippen LogP contribution in [0.2, 0.25) is 0 Å². The van der Waals surface area contributed by atoms with Gasteiger partial charge in [-0.15, -0.1) is 12.4 Å². The minimum absolute atomic E-state index is 0. The Bertz CT molecular complexity index is 295. The van der Waals surface area contributed by atoms with Crippen molar-refractivity contribution in [1.29, 1.82) is 0 Å². The molecule has 0 aliphatic rings. The average molecular weight is 231 g/mol. The molecule has 0 radical (unpaired) electrons. The van der Waals surface area contributed by atoms with Gasteiger partial charge in [0, 0.05) is 0 Å². The Labute approximate surface area is 95.5 Å². The van der Waals surface area contributed by atoms with Crippen molar-refractivity contribution in [2.24, 2.45) is 0 Å². The summed E-state index contributed by atoms with van der Waals surface area (Å²) in [4.78, 5) is 10.4. The van der Waals surface area contributed by atoms with Gasteiger partial charge in [0.15, 0.2) is 0 Å². The highest BCUT2D eigenvalue weighted by molar-refractivity contribution is 5.85. The monoisotopic (exact) mass is 230 g/mol. The molecule has 15 heavy (non-hydrogen) atoms. The molecular formula is C11H15ClO3. The summed E-state index contributed by atoms with van der Waals surface area (Å²) in [6.45, 7) is 2.73. The molecular weight excluding hydrogens is 216 g/mol. The number of halogens is 1. The summed E-state index contributed by atoms with van der Waals surface area (Å²) in [5, 5.41) is 8.55.